The van der Waals surface area contributed by atoms with E-state index in [4.69, 9.17) is 23.7 Å². The van der Waals surface area contributed by atoms with Crippen molar-refractivity contribution < 1.29 is 33.0 Å². The van der Waals surface area contributed by atoms with Crippen LogP contribution in [0.4, 0.5) is 0 Å². The van der Waals surface area contributed by atoms with Crippen LogP contribution in [0.5, 0.6) is 5.75 Å². The number of benzene rings is 3. The van der Waals surface area contributed by atoms with Crippen LogP contribution in [0.3, 0.4) is 0 Å². The van der Waals surface area contributed by atoms with Crippen LogP contribution in [0, 0.1) is 0 Å². The molecule has 2 fully saturated rings. The van der Waals surface area contributed by atoms with Crippen molar-refractivity contribution in [1.29, 1.82) is 0 Å². The van der Waals surface area contributed by atoms with Crippen molar-refractivity contribution in [3.63, 3.8) is 0 Å². The number of aliphatic hydroxyl groups is 1. The van der Waals surface area contributed by atoms with Crippen LogP contribution in [0.15, 0.2) is 89.8 Å². The first-order chi connectivity index (χ1) is 20.6. The Kier molecular flexibility index (Phi) is 11.6. The molecule has 7 nitrogen and oxygen atoms in total. The Balaban J connectivity index is 1.24. The second kappa shape index (κ2) is 15.8. The number of unbranched alkanes of at least 4 members (excludes halogenated alkanes) is 5. The molecule has 42 heavy (non-hydrogen) atoms. The van der Waals surface area contributed by atoms with Gasteiger partial charge in [-0.2, -0.15) is 0 Å². The van der Waals surface area contributed by atoms with Gasteiger partial charge in [0.2, 0.25) is 0 Å². The molecule has 1 N–H and O–H groups in total. The predicted molar refractivity (Wildman–Crippen MR) is 161 cm³/mol. The van der Waals surface area contributed by atoms with E-state index in [1.807, 2.05) is 72.8 Å². The summed E-state index contributed by atoms with van der Waals surface area (Å²) >= 11 is 0. The standard InChI is InChI=1S/C34H42O7S/c1-2-3-4-5-6-13-22-37-27-18-20-28(21-19-27)42(36)34-30(35)32(38-23-25-14-9-7-10-15-25)31-29(40-34)24-39-33(41-31)26-16-11-8-12-17-26/h7-12,14-21,29-35H,2-6,13,22-24H2,1H3/t29-,30+,31-,32-,33-,34-,42?/m1/s1. The predicted octanol–water partition coefficient (Wildman–Crippen LogP) is 6.32. The van der Waals surface area contributed by atoms with Crippen LogP contribution in [0.25, 0.3) is 0 Å². The average molecular weight is 595 g/mol. The Bertz CT molecular complexity index is 1220. The molecule has 0 bridgehead atoms. The second-order valence-corrected chi connectivity index (χ2v) is 12.4. The van der Waals surface area contributed by atoms with Gasteiger partial charge in [0.1, 0.15) is 30.2 Å². The molecule has 3 aromatic rings. The third-order valence-corrected chi connectivity index (χ3v) is 9.25. The second-order valence-electron chi connectivity index (χ2n) is 10.9. The smallest absolute Gasteiger partial charge is 0.184 e. The van der Waals surface area contributed by atoms with Crippen molar-refractivity contribution >= 4 is 10.8 Å². The zero-order valence-electron chi connectivity index (χ0n) is 24.2. The Labute approximate surface area is 251 Å². The monoisotopic (exact) mass is 594 g/mol. The molecular formula is C34H42O7S. The van der Waals surface area contributed by atoms with Crippen molar-refractivity contribution in [2.75, 3.05) is 13.2 Å². The third kappa shape index (κ3) is 8.07. The van der Waals surface area contributed by atoms with E-state index < -0.39 is 46.9 Å². The van der Waals surface area contributed by atoms with Gasteiger partial charge in [0.25, 0.3) is 0 Å². The highest BCUT2D eigenvalue weighted by Gasteiger charge is 2.52. The van der Waals surface area contributed by atoms with E-state index in [0.717, 1.165) is 29.7 Å². The number of fused-ring (bicyclic) bond motifs is 1. The highest BCUT2D eigenvalue weighted by atomic mass is 32.2. The molecule has 3 aromatic carbocycles. The van der Waals surface area contributed by atoms with E-state index >= 15 is 0 Å². The van der Waals surface area contributed by atoms with Gasteiger partial charge in [-0.15, -0.1) is 0 Å². The summed E-state index contributed by atoms with van der Waals surface area (Å²) in [5, 5.41) is 11.5. The summed E-state index contributed by atoms with van der Waals surface area (Å²) in [6.07, 6.45) is 3.49. The van der Waals surface area contributed by atoms with Crippen molar-refractivity contribution in [3.8, 4) is 5.75 Å². The molecule has 7 atom stereocenters. The van der Waals surface area contributed by atoms with Crippen molar-refractivity contribution in [2.45, 2.75) is 93.1 Å². The van der Waals surface area contributed by atoms with E-state index in [0.29, 0.717) is 11.5 Å². The van der Waals surface area contributed by atoms with Gasteiger partial charge < -0.3 is 28.8 Å². The molecule has 1 unspecified atom stereocenters. The van der Waals surface area contributed by atoms with Crippen LogP contribution in [-0.2, 0) is 36.4 Å². The van der Waals surface area contributed by atoms with Gasteiger partial charge in [-0.1, -0.05) is 99.7 Å². The summed E-state index contributed by atoms with van der Waals surface area (Å²) in [5.41, 5.74) is 0.827. The highest BCUT2D eigenvalue weighted by molar-refractivity contribution is 7.85. The van der Waals surface area contributed by atoms with E-state index in [-0.39, 0.29) is 13.2 Å². The molecule has 0 aromatic heterocycles. The van der Waals surface area contributed by atoms with Crippen LogP contribution in [0.1, 0.15) is 62.9 Å². The Morgan fingerprint density at radius 3 is 2.29 bits per heavy atom. The lowest BCUT2D eigenvalue weighted by molar-refractivity contribution is -0.325. The number of aliphatic hydroxyl groups excluding tert-OH is 1. The van der Waals surface area contributed by atoms with E-state index in [1.165, 1.54) is 25.7 Å². The fourth-order valence-corrected chi connectivity index (χ4v) is 6.68. The van der Waals surface area contributed by atoms with E-state index in [9.17, 15) is 9.32 Å². The van der Waals surface area contributed by atoms with Crippen molar-refractivity contribution in [2.24, 2.45) is 0 Å². The van der Waals surface area contributed by atoms with Crippen LogP contribution in [-0.4, -0.2) is 52.4 Å². The number of hydrogen-bond acceptors (Lipinski definition) is 7. The summed E-state index contributed by atoms with van der Waals surface area (Å²) in [7, 11) is -1.67. The zero-order chi connectivity index (χ0) is 29.1. The minimum Gasteiger partial charge on any atom is -0.494 e. The van der Waals surface area contributed by atoms with Gasteiger partial charge in [0.15, 0.2) is 11.7 Å². The quantitative estimate of drug-likeness (QED) is 0.219. The first kappa shape index (κ1) is 30.9. The summed E-state index contributed by atoms with van der Waals surface area (Å²) in [6, 6.07) is 26.6. The maximum atomic E-state index is 13.7. The lowest BCUT2D eigenvalue weighted by atomic mass is 9.98. The number of rotatable bonds is 14. The zero-order valence-corrected chi connectivity index (χ0v) is 25.0. The molecule has 2 heterocycles. The SMILES string of the molecule is CCCCCCCCOc1ccc(S(=O)[C@H]2O[C@@H]3CO[C@@H](c4ccccc4)O[C@H]3[C@H](OCc3ccccc3)[C@@H]2O)cc1. The normalized spacial score (nSPS) is 26.3. The largest absolute Gasteiger partial charge is 0.494 e. The van der Waals surface area contributed by atoms with E-state index in [1.54, 1.807) is 12.1 Å². The van der Waals surface area contributed by atoms with Gasteiger partial charge in [-0.05, 0) is 36.2 Å². The van der Waals surface area contributed by atoms with Crippen molar-refractivity contribution in [3.05, 3.63) is 96.1 Å². The molecule has 8 heteroatoms. The van der Waals surface area contributed by atoms with Crippen molar-refractivity contribution in [1.82, 2.24) is 0 Å². The molecule has 2 aliphatic heterocycles. The maximum Gasteiger partial charge on any atom is 0.184 e. The molecule has 0 aliphatic carbocycles. The minimum atomic E-state index is -1.67. The first-order valence-corrected chi connectivity index (χ1v) is 16.3. The molecule has 2 saturated heterocycles. The van der Waals surface area contributed by atoms with Gasteiger partial charge in [0, 0.05) is 10.5 Å². The highest BCUT2D eigenvalue weighted by Crippen LogP contribution is 2.37. The molecule has 0 radical (unpaired) electrons. The fourth-order valence-electron chi connectivity index (χ4n) is 5.35. The molecule has 2 aliphatic rings. The Morgan fingerprint density at radius 1 is 0.857 bits per heavy atom. The van der Waals surface area contributed by atoms with Gasteiger partial charge in [-0.25, -0.2) is 0 Å². The summed E-state index contributed by atoms with van der Waals surface area (Å²) in [6.45, 7) is 3.37. The van der Waals surface area contributed by atoms with E-state index in [2.05, 4.69) is 6.92 Å². The van der Waals surface area contributed by atoms with Crippen LogP contribution >= 0.6 is 0 Å². The molecular weight excluding hydrogens is 552 g/mol. The minimum absolute atomic E-state index is 0.223. The molecule has 5 rings (SSSR count). The first-order valence-electron chi connectivity index (χ1n) is 15.1. The number of ether oxygens (including phenoxy) is 5. The number of hydrogen-bond donors (Lipinski definition) is 1. The Hall–Kier alpha value is -2.59. The summed E-state index contributed by atoms with van der Waals surface area (Å²) < 4.78 is 44.5. The van der Waals surface area contributed by atoms with Crippen LogP contribution in [0.2, 0.25) is 0 Å². The Morgan fingerprint density at radius 2 is 1.55 bits per heavy atom. The average Bonchev–Trinajstić information content (AvgIpc) is 3.04. The summed E-state index contributed by atoms with van der Waals surface area (Å²) in [4.78, 5) is 0.547. The molecule has 226 valence electrons. The fraction of sp³-hybridized carbons (Fsp3) is 0.471. The third-order valence-electron chi connectivity index (χ3n) is 7.70. The van der Waals surface area contributed by atoms with Crippen LogP contribution < -0.4 is 4.74 Å². The molecule has 0 spiro atoms. The lowest BCUT2D eigenvalue weighted by Gasteiger charge is -2.47. The lowest BCUT2D eigenvalue weighted by Crippen LogP contribution is -2.63. The molecule has 0 saturated carbocycles. The molecule has 0 amide bonds. The maximum absolute atomic E-state index is 13.7. The van der Waals surface area contributed by atoms with Gasteiger partial charge in [-0.3, -0.25) is 4.21 Å². The van der Waals surface area contributed by atoms with Gasteiger partial charge in [0.05, 0.1) is 30.6 Å². The topological polar surface area (TPSA) is 83.5 Å². The van der Waals surface area contributed by atoms with Gasteiger partial charge >= 0.3 is 0 Å². The summed E-state index contributed by atoms with van der Waals surface area (Å²) in [5.74, 6) is 0.736.